The number of piperazine rings is 1. The van der Waals surface area contributed by atoms with Crippen LogP contribution in [0.5, 0.6) is 5.75 Å². The van der Waals surface area contributed by atoms with Crippen LogP contribution < -0.4 is 20.3 Å². The topological polar surface area (TPSA) is 94.1 Å². The lowest BCUT2D eigenvalue weighted by atomic mass is 9.88. The van der Waals surface area contributed by atoms with Gasteiger partial charge in [-0.2, -0.15) is 0 Å². The van der Waals surface area contributed by atoms with Crippen molar-refractivity contribution in [3.63, 3.8) is 0 Å². The zero-order chi connectivity index (χ0) is 25.6. The Hall–Kier alpha value is -3.10. The molecule has 0 bridgehead atoms. The molecule has 2 aromatic rings. The lowest BCUT2D eigenvalue weighted by Crippen LogP contribution is -2.53. The molecule has 3 N–H and O–H groups in total. The molecule has 5 rings (SSSR count). The van der Waals surface area contributed by atoms with Crippen LogP contribution in [0.25, 0.3) is 0 Å². The van der Waals surface area contributed by atoms with Crippen LogP contribution in [0.4, 0.5) is 17.1 Å². The van der Waals surface area contributed by atoms with Crippen LogP contribution >= 0.6 is 0 Å². The van der Waals surface area contributed by atoms with Crippen molar-refractivity contribution in [1.82, 2.24) is 4.90 Å². The van der Waals surface area contributed by atoms with Crippen molar-refractivity contribution in [2.75, 3.05) is 48.3 Å². The van der Waals surface area contributed by atoms with Gasteiger partial charge in [-0.3, -0.25) is 14.5 Å². The number of hydrogen-bond donors (Lipinski definition) is 3. The van der Waals surface area contributed by atoms with Crippen LogP contribution in [0.15, 0.2) is 42.5 Å². The van der Waals surface area contributed by atoms with Gasteiger partial charge in [-0.15, -0.1) is 0 Å². The number of fused-ring (bicyclic) bond motifs is 1. The van der Waals surface area contributed by atoms with Crippen LogP contribution in [0.3, 0.4) is 0 Å². The third-order valence-electron chi connectivity index (χ3n) is 7.80. The van der Waals surface area contributed by atoms with Gasteiger partial charge in [0, 0.05) is 43.2 Å². The number of ether oxygens (including phenoxy) is 1. The van der Waals surface area contributed by atoms with E-state index in [0.29, 0.717) is 37.4 Å². The van der Waals surface area contributed by atoms with E-state index in [2.05, 4.69) is 32.6 Å². The van der Waals surface area contributed by atoms with Crippen molar-refractivity contribution in [1.29, 1.82) is 0 Å². The van der Waals surface area contributed by atoms with Gasteiger partial charge in [-0.25, -0.2) is 0 Å². The van der Waals surface area contributed by atoms with Gasteiger partial charge in [0.05, 0.1) is 24.5 Å². The van der Waals surface area contributed by atoms with Crippen molar-refractivity contribution in [2.24, 2.45) is 5.92 Å². The molecule has 1 unspecified atom stereocenters. The summed E-state index contributed by atoms with van der Waals surface area (Å²) in [5.41, 5.74) is 3.41. The average molecular weight is 507 g/mol. The minimum absolute atomic E-state index is 0.0403. The largest absolute Gasteiger partial charge is 0.493 e. The van der Waals surface area contributed by atoms with Gasteiger partial charge in [0.2, 0.25) is 11.8 Å². The maximum atomic E-state index is 12.8. The van der Waals surface area contributed by atoms with E-state index in [1.54, 1.807) is 0 Å². The highest BCUT2D eigenvalue weighted by molar-refractivity contribution is 6.03. The molecule has 1 saturated carbocycles. The van der Waals surface area contributed by atoms with E-state index in [1.165, 1.54) is 6.42 Å². The van der Waals surface area contributed by atoms with Crippen molar-refractivity contribution < 1.29 is 19.4 Å². The number of nitrogens with one attached hydrogen (secondary N) is 2. The molecule has 0 aromatic heterocycles. The molecule has 2 aliphatic heterocycles. The first-order valence-corrected chi connectivity index (χ1v) is 13.7. The molecule has 198 valence electrons. The minimum Gasteiger partial charge on any atom is -0.493 e. The Bertz CT molecular complexity index is 1090. The number of hydrogen-bond acceptors (Lipinski definition) is 6. The second kappa shape index (κ2) is 12.0. The lowest BCUT2D eigenvalue weighted by molar-refractivity contribution is -0.120. The van der Waals surface area contributed by atoms with E-state index >= 15 is 0 Å². The maximum absolute atomic E-state index is 12.8. The van der Waals surface area contributed by atoms with Crippen molar-refractivity contribution in [3.8, 4) is 5.75 Å². The summed E-state index contributed by atoms with van der Waals surface area (Å²) in [6.45, 7) is 3.53. The smallest absolute Gasteiger partial charge is 0.227 e. The second-order valence-corrected chi connectivity index (χ2v) is 10.3. The monoisotopic (exact) mass is 506 g/mol. The molecule has 1 aliphatic carbocycles. The number of nitrogens with zero attached hydrogens (tertiary/aromatic N) is 2. The number of rotatable bonds is 8. The second-order valence-electron chi connectivity index (χ2n) is 10.3. The molecule has 2 aromatic carbocycles. The Morgan fingerprint density at radius 1 is 1.05 bits per heavy atom. The molecule has 3 aliphatic rings. The summed E-state index contributed by atoms with van der Waals surface area (Å²) in [4.78, 5) is 29.3. The minimum atomic E-state index is -0.510. The van der Waals surface area contributed by atoms with E-state index in [0.717, 1.165) is 68.7 Å². The average Bonchev–Trinajstić information content (AvgIpc) is 2.93. The predicted octanol–water partition coefficient (Wildman–Crippen LogP) is 4.00. The molecule has 1 saturated heterocycles. The first-order chi connectivity index (χ1) is 18.1. The molecule has 8 heteroatoms. The van der Waals surface area contributed by atoms with Gasteiger partial charge in [0.1, 0.15) is 12.0 Å². The van der Waals surface area contributed by atoms with E-state index in [9.17, 15) is 14.7 Å². The molecular formula is C29H38N4O4. The Morgan fingerprint density at radius 3 is 2.65 bits per heavy atom. The predicted molar refractivity (Wildman–Crippen MR) is 145 cm³/mol. The third kappa shape index (κ3) is 6.25. The highest BCUT2D eigenvalue weighted by Gasteiger charge is 2.27. The lowest BCUT2D eigenvalue weighted by Gasteiger charge is -2.39. The normalized spacial score (nSPS) is 20.7. The van der Waals surface area contributed by atoms with Crippen LogP contribution in [0.1, 0.15) is 50.5 Å². The van der Waals surface area contributed by atoms with Crippen LogP contribution in [0, 0.1) is 5.92 Å². The zero-order valence-corrected chi connectivity index (χ0v) is 21.5. The first-order valence-electron chi connectivity index (χ1n) is 13.7. The Balaban J connectivity index is 1.15. The van der Waals surface area contributed by atoms with Crippen LogP contribution in [0.2, 0.25) is 0 Å². The summed E-state index contributed by atoms with van der Waals surface area (Å²) in [5.74, 6) is 0.799. The molecule has 8 nitrogen and oxygen atoms in total. The Labute approximate surface area is 219 Å². The summed E-state index contributed by atoms with van der Waals surface area (Å²) in [5, 5.41) is 16.7. The van der Waals surface area contributed by atoms with Crippen LogP contribution in [-0.2, 0) is 16.0 Å². The van der Waals surface area contributed by atoms with E-state index in [-0.39, 0.29) is 17.7 Å². The first kappa shape index (κ1) is 25.5. The number of β-amino-alcohol motifs (C(OH)–C–C–N with tert-alkyl or cyclic N) is 1. The summed E-state index contributed by atoms with van der Waals surface area (Å²) in [6, 6.07) is 13.9. The van der Waals surface area contributed by atoms with E-state index < -0.39 is 6.23 Å². The molecule has 2 fully saturated rings. The number of para-hydroxylation sites is 1. The number of aliphatic hydroxyl groups excluding tert-OH is 1. The van der Waals surface area contributed by atoms with Gasteiger partial charge in [0.25, 0.3) is 0 Å². The molecular weight excluding hydrogens is 468 g/mol. The fourth-order valence-corrected chi connectivity index (χ4v) is 5.69. The number of amides is 2. The number of carbonyl (C=O) groups excluding carboxylic acids is 2. The summed E-state index contributed by atoms with van der Waals surface area (Å²) in [6.07, 6.45) is 6.51. The molecule has 0 spiro atoms. The van der Waals surface area contributed by atoms with Gasteiger partial charge in [0.15, 0.2) is 0 Å². The fraction of sp³-hybridized carbons (Fsp3) is 0.517. The maximum Gasteiger partial charge on any atom is 0.227 e. The van der Waals surface area contributed by atoms with Crippen molar-refractivity contribution in [2.45, 2.75) is 57.6 Å². The van der Waals surface area contributed by atoms with E-state index in [4.69, 9.17) is 4.74 Å². The summed E-state index contributed by atoms with van der Waals surface area (Å²) < 4.78 is 6.15. The van der Waals surface area contributed by atoms with Gasteiger partial charge < -0.3 is 25.4 Å². The quantitative estimate of drug-likeness (QED) is 0.469. The van der Waals surface area contributed by atoms with Gasteiger partial charge in [-0.1, -0.05) is 37.5 Å². The molecule has 1 atom stereocenters. The molecule has 0 radical (unpaired) electrons. The molecule has 2 heterocycles. The SMILES string of the molecule is O=C1CCc2c(OCCCN3CCN(c4ccccc4)CC3O)ccc(NC(=O)C3CCCCC3)c2N1. The summed E-state index contributed by atoms with van der Waals surface area (Å²) in [7, 11) is 0. The highest BCUT2D eigenvalue weighted by Crippen LogP contribution is 2.38. The number of aliphatic hydroxyl groups is 1. The van der Waals surface area contributed by atoms with Crippen molar-refractivity contribution >= 4 is 28.9 Å². The van der Waals surface area contributed by atoms with Crippen LogP contribution in [-0.4, -0.2) is 60.8 Å². The zero-order valence-electron chi connectivity index (χ0n) is 21.5. The highest BCUT2D eigenvalue weighted by atomic mass is 16.5. The van der Waals surface area contributed by atoms with Gasteiger partial charge in [-0.05, 0) is 49.9 Å². The fourth-order valence-electron chi connectivity index (χ4n) is 5.69. The molecule has 37 heavy (non-hydrogen) atoms. The standard InChI is InChI=1S/C29H38N4O4/c34-26-15-12-23-25(14-13-24(28(23)31-26)30-29(36)21-8-3-1-4-9-21)37-19-7-16-32-17-18-33(20-27(32)35)22-10-5-2-6-11-22/h2,5-6,10-11,13-14,21,27,35H,1,3-4,7-9,12,15-20H2,(H,30,36)(H,31,34). The third-order valence-corrected chi connectivity index (χ3v) is 7.80. The number of benzene rings is 2. The van der Waals surface area contributed by atoms with Crippen molar-refractivity contribution in [3.05, 3.63) is 48.0 Å². The van der Waals surface area contributed by atoms with E-state index in [1.807, 2.05) is 30.3 Å². The molecule has 2 amide bonds. The Morgan fingerprint density at radius 2 is 1.86 bits per heavy atom. The number of carbonyl (C=O) groups is 2. The summed E-state index contributed by atoms with van der Waals surface area (Å²) >= 11 is 0. The Kier molecular flexibility index (Phi) is 8.26. The van der Waals surface area contributed by atoms with Gasteiger partial charge >= 0.3 is 0 Å². The number of anilines is 3.